The number of hydrogen-bond acceptors (Lipinski definition) is 11. The molecule has 1 saturated heterocycles. The first-order chi connectivity index (χ1) is 17.3. The number of aromatic nitrogens is 1. The van der Waals surface area contributed by atoms with Gasteiger partial charge in [-0.3, -0.25) is 30.0 Å². The monoisotopic (exact) mass is 568 g/mol. The van der Waals surface area contributed by atoms with Crippen LogP contribution in [0.5, 0.6) is 0 Å². The first kappa shape index (κ1) is 25.8. The number of primary sulfonamides is 1. The number of imide groups is 2. The molecule has 2 aromatic rings. The van der Waals surface area contributed by atoms with E-state index in [0.29, 0.717) is 6.07 Å². The summed E-state index contributed by atoms with van der Waals surface area (Å²) in [6.45, 7) is 0. The molecule has 6 N–H and O–H groups in total. The highest BCUT2D eigenvalue weighted by Gasteiger charge is 2.42. The predicted octanol–water partition coefficient (Wildman–Crippen LogP) is -1.34. The molecule has 192 valence electrons. The molecule has 1 fully saturated rings. The number of amidine groups is 1. The second-order valence-corrected chi connectivity index (χ2v) is 10.8. The Morgan fingerprint density at radius 2 is 1.70 bits per heavy atom. The molecular weight excluding hydrogens is 556 g/mol. The summed E-state index contributed by atoms with van der Waals surface area (Å²) in [5, 5.41) is 14.5. The van der Waals surface area contributed by atoms with Crippen LogP contribution in [0.25, 0.3) is 0 Å². The van der Waals surface area contributed by atoms with E-state index >= 15 is 0 Å². The Labute approximate surface area is 212 Å². The number of nitrogens with one attached hydrogen (secondary N) is 4. The summed E-state index contributed by atoms with van der Waals surface area (Å²) in [5.74, 6) is -5.86. The number of sulfonamides is 2. The Morgan fingerprint density at radius 3 is 2.30 bits per heavy atom. The van der Waals surface area contributed by atoms with E-state index in [-0.39, 0.29) is 11.3 Å². The lowest BCUT2D eigenvalue weighted by Gasteiger charge is -2.25. The molecule has 5 amide bonds. The molecule has 2 aliphatic rings. The van der Waals surface area contributed by atoms with Crippen LogP contribution in [-0.4, -0.2) is 57.1 Å². The highest BCUT2D eigenvalue weighted by Crippen LogP contribution is 2.34. The molecule has 0 saturated carbocycles. The molecule has 0 radical (unpaired) electrons. The minimum atomic E-state index is -4.70. The summed E-state index contributed by atoms with van der Waals surface area (Å²) in [4.78, 5) is 51.4. The van der Waals surface area contributed by atoms with Gasteiger partial charge in [-0.15, -0.1) is 4.40 Å². The quantitative estimate of drug-likeness (QED) is 0.161. The normalized spacial score (nSPS) is 17.6. The maximum absolute atomic E-state index is 12.9. The van der Waals surface area contributed by atoms with Gasteiger partial charge in [0.15, 0.2) is 11.8 Å². The summed E-state index contributed by atoms with van der Waals surface area (Å²) < 4.78 is 52.8. The minimum Gasteiger partial charge on any atom is -0.337 e. The molecule has 19 heteroatoms. The second kappa shape index (κ2) is 9.32. The number of rotatable bonds is 5. The van der Waals surface area contributed by atoms with Crippen LogP contribution in [0.2, 0.25) is 5.02 Å². The maximum atomic E-state index is 12.9. The fourth-order valence-electron chi connectivity index (χ4n) is 3.19. The molecule has 0 atom stereocenters. The van der Waals surface area contributed by atoms with Gasteiger partial charge in [-0.1, -0.05) is 11.6 Å². The topological polar surface area (TPSA) is 248 Å². The number of nitrogens with two attached hydrogens (primary N) is 1. The Bertz CT molecular complexity index is 1640. The molecule has 16 nitrogen and oxygen atoms in total. The number of hydrogen-bond donors (Lipinski definition) is 5. The molecule has 0 spiro atoms. The van der Waals surface area contributed by atoms with Crippen LogP contribution >= 0.6 is 11.6 Å². The standard InChI is InChI=1S/C18H13ClN8O8S2/c19-8-5-9-11(6-10(8)36(20,32)33)37(34,35)27-14(22-9)13(12-16(29)23-18(31)24-17(12)30)25-26-15(28)7-1-3-21-4-2-7/h1-6,12H,(H,22,27)(H,26,28)(H2,20,32,33)(H2,23,24,29,30,31)/b25-13+. The van der Waals surface area contributed by atoms with Crippen molar-refractivity contribution in [1.82, 2.24) is 21.0 Å². The Morgan fingerprint density at radius 1 is 1.08 bits per heavy atom. The van der Waals surface area contributed by atoms with E-state index in [1.54, 1.807) is 0 Å². The number of barbiturate groups is 1. The molecule has 2 aliphatic heterocycles. The first-order valence-corrected chi connectivity index (χ1v) is 13.1. The van der Waals surface area contributed by atoms with Crippen LogP contribution in [-0.2, 0) is 29.6 Å². The van der Waals surface area contributed by atoms with Gasteiger partial charge in [0.05, 0.1) is 10.7 Å². The van der Waals surface area contributed by atoms with Crippen LogP contribution in [0, 0.1) is 5.92 Å². The molecule has 1 aromatic carbocycles. The van der Waals surface area contributed by atoms with Gasteiger partial charge in [-0.05, 0) is 24.3 Å². The van der Waals surface area contributed by atoms with Crippen molar-refractivity contribution in [2.24, 2.45) is 20.6 Å². The molecular formula is C18H13ClN8O8S2. The number of carbonyl (C=O) groups excluding carboxylic acids is 4. The number of fused-ring (bicyclic) bond motifs is 1. The predicted molar refractivity (Wildman–Crippen MR) is 125 cm³/mol. The zero-order chi connectivity index (χ0) is 27.1. The van der Waals surface area contributed by atoms with Gasteiger partial charge in [-0.2, -0.15) is 13.5 Å². The average molecular weight is 569 g/mol. The van der Waals surface area contributed by atoms with Gasteiger partial charge in [-0.25, -0.2) is 23.8 Å². The number of benzene rings is 1. The van der Waals surface area contributed by atoms with Crippen molar-refractivity contribution in [2.45, 2.75) is 9.79 Å². The molecule has 0 unspecified atom stereocenters. The van der Waals surface area contributed by atoms with E-state index in [1.165, 1.54) is 24.5 Å². The van der Waals surface area contributed by atoms with E-state index in [0.717, 1.165) is 6.07 Å². The number of amides is 5. The average Bonchev–Trinajstić information content (AvgIpc) is 2.79. The highest BCUT2D eigenvalue weighted by molar-refractivity contribution is 7.91. The Hall–Kier alpha value is -4.26. The number of carbonyl (C=O) groups is 4. The third-order valence-electron chi connectivity index (χ3n) is 4.82. The largest absolute Gasteiger partial charge is 0.337 e. The van der Waals surface area contributed by atoms with E-state index in [2.05, 4.69) is 25.2 Å². The third kappa shape index (κ3) is 5.16. The van der Waals surface area contributed by atoms with E-state index in [1.807, 2.05) is 10.6 Å². The maximum Gasteiger partial charge on any atom is 0.328 e. The van der Waals surface area contributed by atoms with Gasteiger partial charge in [0, 0.05) is 18.0 Å². The number of halogens is 1. The molecule has 1 aromatic heterocycles. The molecule has 4 rings (SSSR count). The van der Waals surface area contributed by atoms with Crippen molar-refractivity contribution < 1.29 is 36.0 Å². The zero-order valence-electron chi connectivity index (χ0n) is 17.9. The van der Waals surface area contributed by atoms with E-state index in [4.69, 9.17) is 16.7 Å². The van der Waals surface area contributed by atoms with Gasteiger partial charge in [0.1, 0.15) is 15.5 Å². The van der Waals surface area contributed by atoms with Crippen molar-refractivity contribution in [3.05, 3.63) is 47.2 Å². The summed E-state index contributed by atoms with van der Waals surface area (Å²) in [5.41, 5.74) is 1.14. The van der Waals surface area contributed by atoms with E-state index < -0.39 is 76.1 Å². The van der Waals surface area contributed by atoms with Crippen molar-refractivity contribution in [3.8, 4) is 0 Å². The third-order valence-corrected chi connectivity index (χ3v) is 7.51. The molecule has 0 bridgehead atoms. The van der Waals surface area contributed by atoms with Crippen LogP contribution in [0.4, 0.5) is 10.5 Å². The van der Waals surface area contributed by atoms with Crippen LogP contribution in [0.3, 0.4) is 0 Å². The van der Waals surface area contributed by atoms with Crippen molar-refractivity contribution in [1.29, 1.82) is 0 Å². The first-order valence-electron chi connectivity index (χ1n) is 9.70. The Kier molecular flexibility index (Phi) is 6.50. The number of pyridine rings is 1. The van der Waals surface area contributed by atoms with Crippen molar-refractivity contribution in [2.75, 3.05) is 5.32 Å². The highest BCUT2D eigenvalue weighted by atomic mass is 35.5. The molecule has 0 aliphatic carbocycles. The Balaban J connectivity index is 1.82. The fraction of sp³-hybridized carbons (Fsp3) is 0.0556. The van der Waals surface area contributed by atoms with E-state index in [9.17, 15) is 36.0 Å². The van der Waals surface area contributed by atoms with Crippen LogP contribution in [0.15, 0.2) is 55.9 Å². The lowest BCUT2D eigenvalue weighted by atomic mass is 9.98. The molecule has 3 heterocycles. The van der Waals surface area contributed by atoms with Gasteiger partial charge in [0.25, 0.3) is 15.9 Å². The summed E-state index contributed by atoms with van der Waals surface area (Å²) in [6, 6.07) is 3.11. The van der Waals surface area contributed by atoms with Gasteiger partial charge < -0.3 is 5.32 Å². The number of urea groups is 1. The van der Waals surface area contributed by atoms with Crippen LogP contribution < -0.4 is 26.5 Å². The van der Waals surface area contributed by atoms with Crippen LogP contribution in [0.1, 0.15) is 10.4 Å². The summed E-state index contributed by atoms with van der Waals surface area (Å²) >= 11 is 5.96. The molecule has 37 heavy (non-hydrogen) atoms. The summed E-state index contributed by atoms with van der Waals surface area (Å²) in [6.07, 6.45) is 2.62. The zero-order valence-corrected chi connectivity index (χ0v) is 20.3. The second-order valence-electron chi connectivity index (χ2n) is 7.28. The number of nitrogens with zero attached hydrogens (tertiary/aromatic N) is 3. The lowest BCUT2D eigenvalue weighted by molar-refractivity contribution is -0.132. The van der Waals surface area contributed by atoms with Gasteiger partial charge >= 0.3 is 6.03 Å². The number of hydrazone groups is 1. The smallest absolute Gasteiger partial charge is 0.328 e. The van der Waals surface area contributed by atoms with Gasteiger partial charge in [0.2, 0.25) is 21.8 Å². The summed E-state index contributed by atoms with van der Waals surface area (Å²) in [7, 11) is -9.11. The SMILES string of the molecule is NS(=O)(=O)c1cc2c(cc1Cl)NC(/C(=N/NC(=O)c1ccncc1)C1C(=O)NC(=O)NC1=O)=NS2(=O)=O. The van der Waals surface area contributed by atoms with Crippen molar-refractivity contribution in [3.63, 3.8) is 0 Å². The fourth-order valence-corrected chi connectivity index (χ4v) is 5.50. The lowest BCUT2D eigenvalue weighted by Crippen LogP contribution is -2.59. The minimum absolute atomic E-state index is 0.0737. The number of anilines is 1. The van der Waals surface area contributed by atoms with Crippen molar-refractivity contribution >= 4 is 72.6 Å².